The van der Waals surface area contributed by atoms with Crippen molar-refractivity contribution in [2.75, 3.05) is 0 Å². The quantitative estimate of drug-likeness (QED) is 0.712. The molecule has 2 heterocycles. The fourth-order valence-corrected chi connectivity index (χ4v) is 2.91. The average Bonchev–Trinajstić information content (AvgIpc) is 3.26. The first-order valence-electron chi connectivity index (χ1n) is 7.95. The lowest BCUT2D eigenvalue weighted by Gasteiger charge is -2.11. The fraction of sp³-hybridized carbons (Fsp3) is 0.263. The molecule has 0 bridgehead atoms. The zero-order valence-corrected chi connectivity index (χ0v) is 13.0. The molecule has 0 N–H and O–H groups in total. The Morgan fingerprint density at radius 2 is 1.87 bits per heavy atom. The molecule has 1 aromatic carbocycles. The van der Waals surface area contributed by atoms with Gasteiger partial charge in [-0.3, -0.25) is 4.98 Å². The van der Waals surface area contributed by atoms with Crippen LogP contribution in [0.15, 0.2) is 48.9 Å². The second-order valence-corrected chi connectivity index (χ2v) is 6.23. The molecule has 0 spiro atoms. The summed E-state index contributed by atoms with van der Waals surface area (Å²) in [4.78, 5) is 8.91. The zero-order chi connectivity index (χ0) is 15.8. The summed E-state index contributed by atoms with van der Waals surface area (Å²) in [5.74, 6) is 0.527. The van der Waals surface area contributed by atoms with Crippen LogP contribution < -0.4 is 0 Å². The van der Waals surface area contributed by atoms with E-state index in [0.29, 0.717) is 0 Å². The summed E-state index contributed by atoms with van der Waals surface area (Å²) in [5, 5.41) is 0. The van der Waals surface area contributed by atoms with Gasteiger partial charge in [-0.15, -0.1) is 0 Å². The molecule has 3 aromatic rings. The van der Waals surface area contributed by atoms with Crippen LogP contribution in [-0.4, -0.2) is 14.5 Å². The summed E-state index contributed by atoms with van der Waals surface area (Å²) >= 11 is 0. The Labute approximate surface area is 134 Å². The number of hydrogen-bond acceptors (Lipinski definition) is 2. The number of imidazole rings is 1. The number of hydrogen-bond donors (Lipinski definition) is 0. The largest absolute Gasteiger partial charge is 0.330 e. The van der Waals surface area contributed by atoms with Crippen molar-refractivity contribution < 1.29 is 4.39 Å². The minimum absolute atomic E-state index is 0.229. The van der Waals surface area contributed by atoms with Crippen molar-refractivity contribution in [3.8, 4) is 22.5 Å². The molecule has 1 saturated carbocycles. The van der Waals surface area contributed by atoms with Gasteiger partial charge in [-0.25, -0.2) is 9.37 Å². The van der Waals surface area contributed by atoms with E-state index in [0.717, 1.165) is 40.7 Å². The van der Waals surface area contributed by atoms with E-state index in [4.69, 9.17) is 0 Å². The van der Waals surface area contributed by atoms with E-state index >= 15 is 0 Å². The first-order chi connectivity index (χ1) is 11.2. The van der Waals surface area contributed by atoms with Crippen LogP contribution in [-0.2, 0) is 6.54 Å². The monoisotopic (exact) mass is 307 g/mol. The lowest BCUT2D eigenvalue weighted by atomic mass is 10.0. The summed E-state index contributed by atoms with van der Waals surface area (Å²) in [6.07, 6.45) is 6.31. The van der Waals surface area contributed by atoms with Gasteiger partial charge in [0, 0.05) is 29.6 Å². The molecule has 3 nitrogen and oxygen atoms in total. The summed E-state index contributed by atoms with van der Waals surface area (Å²) in [7, 11) is 0. The van der Waals surface area contributed by atoms with Gasteiger partial charge >= 0.3 is 0 Å². The second kappa shape index (κ2) is 5.61. The van der Waals surface area contributed by atoms with Crippen molar-refractivity contribution in [3.05, 3.63) is 60.4 Å². The SMILES string of the molecule is Cc1cc(-c2c(-c3ccc(F)cc3)ncn2CC2CC2)ccn1. The highest BCUT2D eigenvalue weighted by atomic mass is 19.1. The molecule has 0 amide bonds. The van der Waals surface area contributed by atoms with E-state index in [1.807, 2.05) is 25.5 Å². The lowest BCUT2D eigenvalue weighted by Crippen LogP contribution is -2.01. The molecule has 0 unspecified atom stereocenters. The number of nitrogens with zero attached hydrogens (tertiary/aromatic N) is 3. The van der Waals surface area contributed by atoms with E-state index in [2.05, 4.69) is 20.6 Å². The third kappa shape index (κ3) is 2.89. The van der Waals surface area contributed by atoms with Crippen LogP contribution in [0.3, 0.4) is 0 Å². The summed E-state index contributed by atoms with van der Waals surface area (Å²) < 4.78 is 15.5. The maximum absolute atomic E-state index is 13.2. The predicted octanol–water partition coefficient (Wildman–Crippen LogP) is 4.47. The Balaban J connectivity index is 1.85. The van der Waals surface area contributed by atoms with Crippen molar-refractivity contribution in [3.63, 3.8) is 0 Å². The molecular weight excluding hydrogens is 289 g/mol. The smallest absolute Gasteiger partial charge is 0.123 e. The van der Waals surface area contributed by atoms with Gasteiger partial charge in [0.25, 0.3) is 0 Å². The molecule has 1 aliphatic rings. The van der Waals surface area contributed by atoms with Gasteiger partial charge in [0.1, 0.15) is 5.82 Å². The fourth-order valence-electron chi connectivity index (χ4n) is 2.91. The van der Waals surface area contributed by atoms with Gasteiger partial charge in [-0.2, -0.15) is 0 Å². The highest BCUT2D eigenvalue weighted by Crippen LogP contribution is 2.36. The van der Waals surface area contributed by atoms with E-state index in [9.17, 15) is 4.39 Å². The van der Waals surface area contributed by atoms with Gasteiger partial charge in [0.2, 0.25) is 0 Å². The third-order valence-corrected chi connectivity index (χ3v) is 4.28. The molecular formula is C19H18FN3. The number of aryl methyl sites for hydroxylation is 1. The molecule has 0 radical (unpaired) electrons. The lowest BCUT2D eigenvalue weighted by molar-refractivity contribution is 0.628. The molecule has 2 aromatic heterocycles. The van der Waals surface area contributed by atoms with E-state index < -0.39 is 0 Å². The van der Waals surface area contributed by atoms with E-state index in [-0.39, 0.29) is 5.82 Å². The van der Waals surface area contributed by atoms with Gasteiger partial charge in [0.15, 0.2) is 0 Å². The molecule has 4 heteroatoms. The average molecular weight is 307 g/mol. The summed E-state index contributed by atoms with van der Waals surface area (Å²) in [6.45, 7) is 2.98. The zero-order valence-electron chi connectivity index (χ0n) is 13.0. The molecule has 0 saturated heterocycles. The van der Waals surface area contributed by atoms with Crippen LogP contribution in [0.1, 0.15) is 18.5 Å². The van der Waals surface area contributed by atoms with Crippen LogP contribution in [0, 0.1) is 18.7 Å². The van der Waals surface area contributed by atoms with Gasteiger partial charge in [-0.05, 0) is 62.1 Å². The summed E-state index contributed by atoms with van der Waals surface area (Å²) in [6, 6.07) is 10.6. The van der Waals surface area contributed by atoms with Gasteiger partial charge in [0.05, 0.1) is 17.7 Å². The molecule has 4 rings (SSSR count). The number of benzene rings is 1. The van der Waals surface area contributed by atoms with Crippen molar-refractivity contribution in [1.82, 2.24) is 14.5 Å². The number of halogens is 1. The predicted molar refractivity (Wildman–Crippen MR) is 88.3 cm³/mol. The van der Waals surface area contributed by atoms with Crippen molar-refractivity contribution >= 4 is 0 Å². The van der Waals surface area contributed by atoms with Crippen LogP contribution in [0.4, 0.5) is 4.39 Å². The van der Waals surface area contributed by atoms with Crippen LogP contribution in [0.2, 0.25) is 0 Å². The Bertz CT molecular complexity index is 832. The maximum atomic E-state index is 13.2. The van der Waals surface area contributed by atoms with E-state index in [1.165, 1.54) is 25.0 Å². The maximum Gasteiger partial charge on any atom is 0.123 e. The summed E-state index contributed by atoms with van der Waals surface area (Å²) in [5.41, 5.74) is 5.01. The minimum Gasteiger partial charge on any atom is -0.330 e. The van der Waals surface area contributed by atoms with Gasteiger partial charge in [-0.1, -0.05) is 0 Å². The topological polar surface area (TPSA) is 30.7 Å². The van der Waals surface area contributed by atoms with E-state index in [1.54, 1.807) is 12.1 Å². The minimum atomic E-state index is -0.229. The molecule has 116 valence electrons. The molecule has 0 aliphatic heterocycles. The Kier molecular flexibility index (Phi) is 3.45. The molecule has 1 fully saturated rings. The van der Waals surface area contributed by atoms with Gasteiger partial charge < -0.3 is 4.57 Å². The second-order valence-electron chi connectivity index (χ2n) is 6.23. The molecule has 0 atom stereocenters. The van der Waals surface area contributed by atoms with Crippen molar-refractivity contribution in [2.24, 2.45) is 5.92 Å². The molecule has 1 aliphatic carbocycles. The normalized spacial score (nSPS) is 14.2. The third-order valence-electron chi connectivity index (χ3n) is 4.28. The first-order valence-corrected chi connectivity index (χ1v) is 7.95. The Hall–Kier alpha value is -2.49. The Morgan fingerprint density at radius 1 is 1.09 bits per heavy atom. The first kappa shape index (κ1) is 14.1. The van der Waals surface area contributed by atoms with Crippen LogP contribution in [0.25, 0.3) is 22.5 Å². The van der Waals surface area contributed by atoms with Crippen molar-refractivity contribution in [1.29, 1.82) is 0 Å². The highest BCUT2D eigenvalue weighted by Gasteiger charge is 2.24. The van der Waals surface area contributed by atoms with Crippen LogP contribution >= 0.6 is 0 Å². The van der Waals surface area contributed by atoms with Crippen molar-refractivity contribution in [2.45, 2.75) is 26.3 Å². The standard InChI is InChI=1S/C19H18FN3/c1-13-10-16(8-9-21-13)19-18(15-4-6-17(20)7-5-15)22-12-23(19)11-14-2-3-14/h4-10,12,14H,2-3,11H2,1H3. The Morgan fingerprint density at radius 3 is 2.57 bits per heavy atom. The number of aromatic nitrogens is 3. The number of pyridine rings is 1. The van der Waals surface area contributed by atoms with Crippen LogP contribution in [0.5, 0.6) is 0 Å². The molecule has 23 heavy (non-hydrogen) atoms. The number of rotatable bonds is 4. The highest BCUT2D eigenvalue weighted by molar-refractivity contribution is 5.78.